The van der Waals surface area contributed by atoms with Gasteiger partial charge in [-0.05, 0) is 57.0 Å². The molecule has 2 fully saturated rings. The molecule has 0 radical (unpaired) electrons. The summed E-state index contributed by atoms with van der Waals surface area (Å²) in [4.78, 5) is 28.1. The Labute approximate surface area is 170 Å². The molecule has 8 heteroatoms. The van der Waals surface area contributed by atoms with Crippen LogP contribution in [0.3, 0.4) is 0 Å². The normalized spacial score (nSPS) is 21.6. The van der Waals surface area contributed by atoms with E-state index in [0.717, 1.165) is 25.2 Å². The molecule has 3 heterocycles. The average molecular weight is 404 g/mol. The van der Waals surface area contributed by atoms with Gasteiger partial charge in [-0.2, -0.15) is 5.10 Å². The van der Waals surface area contributed by atoms with Gasteiger partial charge in [-0.25, -0.2) is 0 Å². The van der Waals surface area contributed by atoms with Crippen LogP contribution >= 0.6 is 12.4 Å². The summed E-state index contributed by atoms with van der Waals surface area (Å²) in [6.07, 6.45) is 6.38. The first kappa shape index (κ1) is 20.4. The third-order valence-corrected chi connectivity index (χ3v) is 5.61. The van der Waals surface area contributed by atoms with Crippen LogP contribution < -0.4 is 15.5 Å². The molecule has 2 aliphatic heterocycles. The highest BCUT2D eigenvalue weighted by atomic mass is 35.5. The van der Waals surface area contributed by atoms with Crippen LogP contribution in [0.25, 0.3) is 0 Å². The molecule has 1 aromatic carbocycles. The molecule has 28 heavy (non-hydrogen) atoms. The lowest BCUT2D eigenvalue weighted by Gasteiger charge is -2.39. The molecule has 0 saturated carbocycles. The number of nitrogens with zero attached hydrogens (tertiary/aromatic N) is 3. The molecule has 0 bridgehead atoms. The first-order chi connectivity index (χ1) is 13.2. The highest BCUT2D eigenvalue weighted by Crippen LogP contribution is 2.28. The number of carbonyl (C=O) groups is 2. The predicted octanol–water partition coefficient (Wildman–Crippen LogP) is 1.70. The summed E-state index contributed by atoms with van der Waals surface area (Å²) in [5.74, 6) is -0.147. The highest BCUT2D eigenvalue weighted by molar-refractivity contribution is 6.00. The standard InChI is InChI=1S/C20H25N5O2.ClH/c26-18-17(8-4-14-24(18)16-6-2-1-3-7-16)23-19(27)20(9-12-21-13-10-20)25-15-5-11-22-25;/h1-3,5-7,11,15,17,21H,4,8-10,12-14H2,(H,23,27);1H. The largest absolute Gasteiger partial charge is 0.342 e. The lowest BCUT2D eigenvalue weighted by molar-refractivity contribution is -0.136. The quantitative estimate of drug-likeness (QED) is 0.814. The zero-order valence-electron chi connectivity index (χ0n) is 15.7. The summed E-state index contributed by atoms with van der Waals surface area (Å²) >= 11 is 0. The number of benzene rings is 1. The maximum Gasteiger partial charge on any atom is 0.249 e. The summed E-state index contributed by atoms with van der Waals surface area (Å²) < 4.78 is 1.76. The van der Waals surface area contributed by atoms with E-state index in [2.05, 4.69) is 15.7 Å². The Morgan fingerprint density at radius 2 is 1.93 bits per heavy atom. The van der Waals surface area contributed by atoms with Gasteiger partial charge in [0, 0.05) is 24.6 Å². The number of halogens is 1. The van der Waals surface area contributed by atoms with Crippen molar-refractivity contribution in [1.29, 1.82) is 0 Å². The summed E-state index contributed by atoms with van der Waals surface area (Å²) in [6, 6.07) is 11.0. The van der Waals surface area contributed by atoms with Crippen molar-refractivity contribution in [3.63, 3.8) is 0 Å². The van der Waals surface area contributed by atoms with E-state index in [0.29, 0.717) is 25.8 Å². The van der Waals surface area contributed by atoms with Gasteiger partial charge in [0.25, 0.3) is 0 Å². The number of amides is 2. The second-order valence-corrected chi connectivity index (χ2v) is 7.23. The summed E-state index contributed by atoms with van der Waals surface area (Å²) in [5.41, 5.74) is 0.148. The maximum absolute atomic E-state index is 13.3. The van der Waals surface area contributed by atoms with Crippen molar-refractivity contribution >= 4 is 29.9 Å². The Kier molecular flexibility index (Phi) is 6.36. The Morgan fingerprint density at radius 1 is 1.18 bits per heavy atom. The van der Waals surface area contributed by atoms with Gasteiger partial charge < -0.3 is 15.5 Å². The van der Waals surface area contributed by atoms with Crippen LogP contribution in [0.5, 0.6) is 0 Å². The van der Waals surface area contributed by atoms with Crippen molar-refractivity contribution in [1.82, 2.24) is 20.4 Å². The number of rotatable bonds is 4. The molecule has 4 rings (SSSR count). The molecular weight excluding hydrogens is 378 g/mol. The molecule has 150 valence electrons. The fraction of sp³-hybridized carbons (Fsp3) is 0.450. The Hall–Kier alpha value is -2.38. The fourth-order valence-electron chi connectivity index (χ4n) is 4.09. The number of carbonyl (C=O) groups excluding carboxylic acids is 2. The second kappa shape index (κ2) is 8.75. The Morgan fingerprint density at radius 3 is 2.61 bits per heavy atom. The molecule has 2 aromatic rings. The molecule has 2 saturated heterocycles. The first-order valence-electron chi connectivity index (χ1n) is 9.59. The van der Waals surface area contributed by atoms with Crippen LogP contribution in [0.15, 0.2) is 48.8 Å². The molecule has 2 aliphatic rings. The number of hydrogen-bond acceptors (Lipinski definition) is 4. The van der Waals surface area contributed by atoms with E-state index in [9.17, 15) is 9.59 Å². The van der Waals surface area contributed by atoms with Crippen molar-refractivity contribution in [2.75, 3.05) is 24.5 Å². The van der Waals surface area contributed by atoms with Crippen LogP contribution in [0.1, 0.15) is 25.7 Å². The van der Waals surface area contributed by atoms with Gasteiger partial charge in [-0.15, -0.1) is 12.4 Å². The minimum absolute atomic E-state index is 0. The lowest BCUT2D eigenvalue weighted by Crippen LogP contribution is -2.60. The second-order valence-electron chi connectivity index (χ2n) is 7.23. The number of anilines is 1. The van der Waals surface area contributed by atoms with Gasteiger partial charge in [0.1, 0.15) is 11.6 Å². The van der Waals surface area contributed by atoms with Crippen LogP contribution in [0.2, 0.25) is 0 Å². The summed E-state index contributed by atoms with van der Waals surface area (Å²) in [5, 5.41) is 10.7. The van der Waals surface area contributed by atoms with E-state index >= 15 is 0 Å². The zero-order chi connectivity index (χ0) is 18.7. The van der Waals surface area contributed by atoms with E-state index in [-0.39, 0.29) is 24.2 Å². The third-order valence-electron chi connectivity index (χ3n) is 5.61. The summed E-state index contributed by atoms with van der Waals surface area (Å²) in [6.45, 7) is 2.19. The number of aromatic nitrogens is 2. The van der Waals surface area contributed by atoms with Gasteiger partial charge >= 0.3 is 0 Å². The number of piperidine rings is 2. The molecular formula is C20H26ClN5O2. The number of hydrogen-bond donors (Lipinski definition) is 2. The van der Waals surface area contributed by atoms with Crippen LogP contribution in [-0.2, 0) is 15.1 Å². The van der Waals surface area contributed by atoms with Crippen molar-refractivity contribution in [2.45, 2.75) is 37.3 Å². The molecule has 2 amide bonds. The van der Waals surface area contributed by atoms with E-state index in [1.807, 2.05) is 42.6 Å². The lowest BCUT2D eigenvalue weighted by atomic mass is 9.86. The SMILES string of the molecule is Cl.O=C1C(NC(=O)C2(n3cccn3)CCNCC2)CCCN1c1ccccc1. The minimum atomic E-state index is -0.732. The highest BCUT2D eigenvalue weighted by Gasteiger charge is 2.44. The van der Waals surface area contributed by atoms with Crippen molar-refractivity contribution in [3.8, 4) is 0 Å². The first-order valence-corrected chi connectivity index (χ1v) is 9.59. The van der Waals surface area contributed by atoms with Gasteiger partial charge in [-0.1, -0.05) is 18.2 Å². The van der Waals surface area contributed by atoms with E-state index in [1.54, 1.807) is 15.8 Å². The van der Waals surface area contributed by atoms with E-state index in [4.69, 9.17) is 0 Å². The van der Waals surface area contributed by atoms with Crippen LogP contribution in [-0.4, -0.2) is 47.3 Å². The van der Waals surface area contributed by atoms with Crippen molar-refractivity contribution in [2.24, 2.45) is 0 Å². The average Bonchev–Trinajstić information content (AvgIpc) is 3.26. The Balaban J connectivity index is 0.00000225. The maximum atomic E-state index is 13.3. The Bertz CT molecular complexity index is 790. The molecule has 1 atom stereocenters. The summed E-state index contributed by atoms with van der Waals surface area (Å²) in [7, 11) is 0. The monoisotopic (exact) mass is 403 g/mol. The molecule has 7 nitrogen and oxygen atoms in total. The van der Waals surface area contributed by atoms with Crippen molar-refractivity contribution in [3.05, 3.63) is 48.8 Å². The number of nitrogens with one attached hydrogen (secondary N) is 2. The fourth-order valence-corrected chi connectivity index (χ4v) is 4.09. The van der Waals surface area contributed by atoms with Gasteiger partial charge in [-0.3, -0.25) is 14.3 Å². The van der Waals surface area contributed by atoms with Crippen molar-refractivity contribution < 1.29 is 9.59 Å². The van der Waals surface area contributed by atoms with E-state index in [1.165, 1.54) is 0 Å². The van der Waals surface area contributed by atoms with Gasteiger partial charge in [0.15, 0.2) is 0 Å². The molecule has 2 N–H and O–H groups in total. The molecule has 0 aliphatic carbocycles. The molecule has 1 aromatic heterocycles. The van der Waals surface area contributed by atoms with Crippen LogP contribution in [0.4, 0.5) is 5.69 Å². The zero-order valence-corrected chi connectivity index (χ0v) is 16.5. The topological polar surface area (TPSA) is 79.3 Å². The van der Waals surface area contributed by atoms with Gasteiger partial charge in [0.05, 0.1) is 0 Å². The van der Waals surface area contributed by atoms with Gasteiger partial charge in [0.2, 0.25) is 11.8 Å². The molecule has 1 unspecified atom stereocenters. The van der Waals surface area contributed by atoms with E-state index < -0.39 is 11.6 Å². The smallest absolute Gasteiger partial charge is 0.249 e. The minimum Gasteiger partial charge on any atom is -0.342 e. The van der Waals surface area contributed by atoms with Crippen LogP contribution in [0, 0.1) is 0 Å². The third kappa shape index (κ3) is 3.77. The number of para-hydroxylation sites is 1. The predicted molar refractivity (Wildman–Crippen MR) is 110 cm³/mol. The molecule has 0 spiro atoms.